The van der Waals surface area contributed by atoms with E-state index in [-0.39, 0.29) is 11.4 Å². The molecule has 13 heavy (non-hydrogen) atoms. The highest BCUT2D eigenvalue weighted by molar-refractivity contribution is 5.61. The molecule has 0 aromatic carbocycles. The van der Waals surface area contributed by atoms with Gasteiger partial charge in [0, 0.05) is 18.2 Å². The minimum atomic E-state index is -0.469. The van der Waals surface area contributed by atoms with Crippen LogP contribution in [0.15, 0.2) is 12.3 Å². The van der Waals surface area contributed by atoms with E-state index in [4.69, 9.17) is 5.73 Å². The van der Waals surface area contributed by atoms with Gasteiger partial charge in [-0.2, -0.15) is 0 Å². The molecule has 0 atom stereocenters. The maximum absolute atomic E-state index is 10.5. The van der Waals surface area contributed by atoms with Crippen LogP contribution >= 0.6 is 0 Å². The Labute approximate surface area is 74.7 Å². The molecule has 1 fully saturated rings. The Morgan fingerprint density at radius 3 is 2.85 bits per heavy atom. The molecule has 0 radical (unpaired) electrons. The van der Waals surface area contributed by atoms with Crippen molar-refractivity contribution in [2.75, 3.05) is 5.73 Å². The monoisotopic (exact) mass is 179 g/mol. The fourth-order valence-corrected chi connectivity index (χ4v) is 1.32. The highest BCUT2D eigenvalue weighted by atomic mass is 16.6. The third kappa shape index (κ3) is 1.32. The zero-order valence-electron chi connectivity index (χ0n) is 6.93. The molecule has 0 aliphatic heterocycles. The van der Waals surface area contributed by atoms with E-state index in [1.807, 2.05) is 0 Å². The minimum absolute atomic E-state index is 0.0306. The number of nitrogens with zero attached hydrogens (tertiary/aromatic N) is 2. The van der Waals surface area contributed by atoms with Crippen LogP contribution in [0.1, 0.15) is 24.5 Å². The second-order valence-corrected chi connectivity index (χ2v) is 3.16. The topological polar surface area (TPSA) is 82.0 Å². The summed E-state index contributed by atoms with van der Waals surface area (Å²) in [6, 6.07) is 1.33. The molecule has 5 heteroatoms. The lowest BCUT2D eigenvalue weighted by atomic mass is 10.2. The predicted octanol–water partition coefficient (Wildman–Crippen LogP) is 1.45. The standard InChI is InChI=1S/C8H9N3O2/c9-7-6(11(12)13)3-4-10-8(7)5-1-2-5/h3-5H,1-2,9H2. The van der Waals surface area contributed by atoms with Gasteiger partial charge >= 0.3 is 0 Å². The van der Waals surface area contributed by atoms with Crippen LogP contribution in [-0.2, 0) is 0 Å². The van der Waals surface area contributed by atoms with Crippen molar-refractivity contribution >= 4 is 11.4 Å². The SMILES string of the molecule is Nc1c([N+](=O)[O-])ccnc1C1CC1. The van der Waals surface area contributed by atoms with Gasteiger partial charge in [0.25, 0.3) is 5.69 Å². The summed E-state index contributed by atoms with van der Waals surface area (Å²) in [6.45, 7) is 0. The number of nitrogen functional groups attached to an aromatic ring is 1. The Bertz CT molecular complexity index is 360. The average molecular weight is 179 g/mol. The third-order valence-electron chi connectivity index (χ3n) is 2.16. The van der Waals surface area contributed by atoms with Gasteiger partial charge in [0.1, 0.15) is 5.69 Å². The van der Waals surface area contributed by atoms with Gasteiger partial charge in [0.15, 0.2) is 0 Å². The van der Waals surface area contributed by atoms with E-state index < -0.39 is 4.92 Å². The van der Waals surface area contributed by atoms with Crippen molar-refractivity contribution in [3.63, 3.8) is 0 Å². The Morgan fingerprint density at radius 2 is 2.31 bits per heavy atom. The van der Waals surface area contributed by atoms with Crippen LogP contribution in [0, 0.1) is 10.1 Å². The highest BCUT2D eigenvalue weighted by Crippen LogP contribution is 2.43. The molecule has 2 N–H and O–H groups in total. The summed E-state index contributed by atoms with van der Waals surface area (Å²) in [5.41, 5.74) is 6.51. The fraction of sp³-hybridized carbons (Fsp3) is 0.375. The zero-order chi connectivity index (χ0) is 9.42. The first-order valence-electron chi connectivity index (χ1n) is 4.09. The summed E-state index contributed by atoms with van der Waals surface area (Å²) >= 11 is 0. The van der Waals surface area contributed by atoms with E-state index in [2.05, 4.69) is 4.98 Å². The number of rotatable bonds is 2. The molecule has 1 aliphatic rings. The molecule has 1 aliphatic carbocycles. The van der Waals surface area contributed by atoms with Crippen molar-refractivity contribution in [2.24, 2.45) is 0 Å². The van der Waals surface area contributed by atoms with Gasteiger partial charge in [-0.1, -0.05) is 0 Å². The van der Waals surface area contributed by atoms with Crippen molar-refractivity contribution < 1.29 is 4.92 Å². The number of hydrogen-bond acceptors (Lipinski definition) is 4. The van der Waals surface area contributed by atoms with Gasteiger partial charge in [-0.3, -0.25) is 15.1 Å². The molecule has 0 amide bonds. The van der Waals surface area contributed by atoms with Crippen molar-refractivity contribution in [1.29, 1.82) is 0 Å². The number of hydrogen-bond donors (Lipinski definition) is 1. The van der Waals surface area contributed by atoms with Crippen molar-refractivity contribution in [1.82, 2.24) is 4.98 Å². The first-order chi connectivity index (χ1) is 6.20. The molecule has 0 unspecified atom stereocenters. The zero-order valence-corrected chi connectivity index (χ0v) is 6.93. The van der Waals surface area contributed by atoms with Crippen LogP contribution in [0.25, 0.3) is 0 Å². The lowest BCUT2D eigenvalue weighted by Gasteiger charge is -2.01. The second kappa shape index (κ2) is 2.69. The van der Waals surface area contributed by atoms with E-state index in [0.717, 1.165) is 12.8 Å². The summed E-state index contributed by atoms with van der Waals surface area (Å²) in [7, 11) is 0. The van der Waals surface area contributed by atoms with Gasteiger partial charge in [0.05, 0.1) is 10.6 Å². The summed E-state index contributed by atoms with van der Waals surface area (Å²) < 4.78 is 0. The molecule has 68 valence electrons. The van der Waals surface area contributed by atoms with E-state index in [0.29, 0.717) is 11.6 Å². The van der Waals surface area contributed by atoms with E-state index in [1.165, 1.54) is 12.3 Å². The lowest BCUT2D eigenvalue weighted by molar-refractivity contribution is -0.384. The van der Waals surface area contributed by atoms with E-state index in [1.54, 1.807) is 0 Å². The van der Waals surface area contributed by atoms with Crippen LogP contribution in [0.4, 0.5) is 11.4 Å². The maximum atomic E-state index is 10.5. The van der Waals surface area contributed by atoms with Gasteiger partial charge in [-0.15, -0.1) is 0 Å². The predicted molar refractivity (Wildman–Crippen MR) is 47.3 cm³/mol. The minimum Gasteiger partial charge on any atom is -0.392 e. The van der Waals surface area contributed by atoms with Gasteiger partial charge in [0.2, 0.25) is 0 Å². The van der Waals surface area contributed by atoms with Crippen LogP contribution < -0.4 is 5.73 Å². The molecule has 1 aromatic heterocycles. The summed E-state index contributed by atoms with van der Waals surface area (Å²) in [5, 5.41) is 10.5. The first kappa shape index (κ1) is 7.97. The number of nitro groups is 1. The molecular weight excluding hydrogens is 170 g/mol. The summed E-state index contributed by atoms with van der Waals surface area (Å²) in [5.74, 6) is 0.347. The van der Waals surface area contributed by atoms with Gasteiger partial charge in [-0.25, -0.2) is 0 Å². The largest absolute Gasteiger partial charge is 0.392 e. The quantitative estimate of drug-likeness (QED) is 0.550. The van der Waals surface area contributed by atoms with E-state index in [9.17, 15) is 10.1 Å². The normalized spacial score (nSPS) is 15.7. The molecule has 5 nitrogen and oxygen atoms in total. The van der Waals surface area contributed by atoms with E-state index >= 15 is 0 Å². The second-order valence-electron chi connectivity index (χ2n) is 3.16. The number of pyridine rings is 1. The molecule has 0 saturated heterocycles. The first-order valence-corrected chi connectivity index (χ1v) is 4.09. The molecule has 2 rings (SSSR count). The Hall–Kier alpha value is -1.65. The van der Waals surface area contributed by atoms with Gasteiger partial charge < -0.3 is 5.73 Å². The summed E-state index contributed by atoms with van der Waals surface area (Å²) in [6.07, 6.45) is 3.53. The molecule has 0 spiro atoms. The number of anilines is 1. The molecule has 1 aromatic rings. The third-order valence-corrected chi connectivity index (χ3v) is 2.16. The maximum Gasteiger partial charge on any atom is 0.295 e. The lowest BCUT2D eigenvalue weighted by Crippen LogP contribution is -2.01. The summed E-state index contributed by atoms with van der Waals surface area (Å²) in [4.78, 5) is 14.1. The van der Waals surface area contributed by atoms with Crippen LogP contribution in [-0.4, -0.2) is 9.91 Å². The Kier molecular flexibility index (Phi) is 1.65. The number of aromatic nitrogens is 1. The van der Waals surface area contributed by atoms with Crippen molar-refractivity contribution in [2.45, 2.75) is 18.8 Å². The van der Waals surface area contributed by atoms with Crippen molar-refractivity contribution in [3.05, 3.63) is 28.1 Å². The van der Waals surface area contributed by atoms with Gasteiger partial charge in [-0.05, 0) is 12.8 Å². The Morgan fingerprint density at radius 1 is 1.62 bits per heavy atom. The molecule has 1 saturated carbocycles. The van der Waals surface area contributed by atoms with Crippen molar-refractivity contribution in [3.8, 4) is 0 Å². The molecular formula is C8H9N3O2. The van der Waals surface area contributed by atoms with Crippen LogP contribution in [0.3, 0.4) is 0 Å². The average Bonchev–Trinajstić information content (AvgIpc) is 2.87. The smallest absolute Gasteiger partial charge is 0.295 e. The Balaban J connectivity index is 2.47. The highest BCUT2D eigenvalue weighted by Gasteiger charge is 2.29. The molecule has 1 heterocycles. The van der Waals surface area contributed by atoms with Crippen LogP contribution in [0.5, 0.6) is 0 Å². The molecule has 0 bridgehead atoms. The fourth-order valence-electron chi connectivity index (χ4n) is 1.32. The van der Waals surface area contributed by atoms with Crippen LogP contribution in [0.2, 0.25) is 0 Å². The number of nitrogens with two attached hydrogens (primary N) is 1.